The van der Waals surface area contributed by atoms with Crippen LogP contribution >= 0.6 is 31.9 Å². The molecule has 0 aliphatic carbocycles. The third-order valence-corrected chi connectivity index (χ3v) is 2.65. The topological polar surface area (TPSA) is 61.1 Å². The first-order valence-corrected chi connectivity index (χ1v) is 4.77. The third kappa shape index (κ3) is 2.08. The van der Waals surface area contributed by atoms with Crippen LogP contribution in [0.3, 0.4) is 0 Å². The Morgan fingerprint density at radius 3 is 2.15 bits per heavy atom. The molecule has 0 radical (unpaired) electrons. The monoisotopic (exact) mass is 303 g/mol. The number of benzene rings is 1. The molecule has 1 aromatic rings. The van der Waals surface area contributed by atoms with Crippen LogP contribution in [-0.4, -0.2) is 11.1 Å². The van der Waals surface area contributed by atoms with Crippen molar-refractivity contribution in [1.29, 1.82) is 5.26 Å². The van der Waals surface area contributed by atoms with E-state index < -0.39 is 5.97 Å². The van der Waals surface area contributed by atoms with Crippen molar-refractivity contribution in [2.75, 3.05) is 0 Å². The number of carbonyl (C=O) groups is 1. The average Bonchev–Trinajstić information content (AvgIpc) is 2.03. The highest BCUT2D eigenvalue weighted by Crippen LogP contribution is 2.26. The number of carboxylic acid groups (broad SMARTS) is 1. The van der Waals surface area contributed by atoms with Crippen molar-refractivity contribution < 1.29 is 9.90 Å². The number of hydrogen-bond acceptors (Lipinski definition) is 2. The molecule has 0 aliphatic rings. The Labute approximate surface area is 91.2 Å². The molecule has 0 aromatic heterocycles. The van der Waals surface area contributed by atoms with Crippen molar-refractivity contribution in [2.24, 2.45) is 0 Å². The Morgan fingerprint density at radius 2 is 1.85 bits per heavy atom. The van der Waals surface area contributed by atoms with Crippen molar-refractivity contribution in [3.05, 3.63) is 32.2 Å². The number of nitriles is 1. The zero-order valence-corrected chi connectivity index (χ0v) is 9.39. The van der Waals surface area contributed by atoms with Gasteiger partial charge in [-0.1, -0.05) is 0 Å². The third-order valence-electron chi connectivity index (χ3n) is 1.40. The van der Waals surface area contributed by atoms with Crippen LogP contribution in [0.15, 0.2) is 21.1 Å². The predicted molar refractivity (Wildman–Crippen MR) is 53.5 cm³/mol. The quantitative estimate of drug-likeness (QED) is 0.868. The molecule has 3 nitrogen and oxygen atoms in total. The summed E-state index contributed by atoms with van der Waals surface area (Å²) in [4.78, 5) is 10.6. The molecular formula is C8H3Br2NO2. The highest BCUT2D eigenvalue weighted by Gasteiger charge is 2.10. The SMILES string of the molecule is N#Cc1c(Br)cc(C(=O)O)cc1Br. The molecule has 0 saturated carbocycles. The lowest BCUT2D eigenvalue weighted by molar-refractivity contribution is 0.0696. The average molecular weight is 305 g/mol. The van der Waals surface area contributed by atoms with Crippen molar-refractivity contribution in [1.82, 2.24) is 0 Å². The summed E-state index contributed by atoms with van der Waals surface area (Å²) in [5.41, 5.74) is 0.530. The Bertz CT molecular complexity index is 386. The van der Waals surface area contributed by atoms with E-state index in [4.69, 9.17) is 10.4 Å². The van der Waals surface area contributed by atoms with Gasteiger partial charge in [-0.2, -0.15) is 5.26 Å². The molecule has 0 spiro atoms. The van der Waals surface area contributed by atoms with Crippen LogP contribution < -0.4 is 0 Å². The Morgan fingerprint density at radius 1 is 1.38 bits per heavy atom. The molecule has 1 aromatic carbocycles. The van der Waals surface area contributed by atoms with Crippen LogP contribution in [0.4, 0.5) is 0 Å². The van der Waals surface area contributed by atoms with Crippen LogP contribution in [0.25, 0.3) is 0 Å². The first-order valence-electron chi connectivity index (χ1n) is 3.18. The maximum Gasteiger partial charge on any atom is 0.335 e. The zero-order valence-electron chi connectivity index (χ0n) is 6.21. The molecule has 0 aliphatic heterocycles. The molecule has 1 rings (SSSR count). The minimum absolute atomic E-state index is 0.137. The predicted octanol–water partition coefficient (Wildman–Crippen LogP) is 2.78. The second-order valence-corrected chi connectivity index (χ2v) is 3.94. The fourth-order valence-electron chi connectivity index (χ4n) is 0.803. The summed E-state index contributed by atoms with van der Waals surface area (Å²) in [6.07, 6.45) is 0. The van der Waals surface area contributed by atoms with E-state index >= 15 is 0 Å². The fourth-order valence-corrected chi connectivity index (χ4v) is 2.17. The summed E-state index contributed by atoms with van der Waals surface area (Å²) >= 11 is 6.22. The van der Waals surface area contributed by atoms with Gasteiger partial charge in [0, 0.05) is 8.95 Å². The number of rotatable bonds is 1. The van der Waals surface area contributed by atoms with Crippen molar-refractivity contribution in [2.45, 2.75) is 0 Å². The summed E-state index contributed by atoms with van der Waals surface area (Å²) in [6.45, 7) is 0. The van der Waals surface area contributed by atoms with Gasteiger partial charge in [-0.05, 0) is 44.0 Å². The number of halogens is 2. The first-order chi connectivity index (χ1) is 6.06. The van der Waals surface area contributed by atoms with Gasteiger partial charge in [-0.3, -0.25) is 0 Å². The van der Waals surface area contributed by atoms with Crippen molar-refractivity contribution >= 4 is 37.8 Å². The lowest BCUT2D eigenvalue weighted by Crippen LogP contribution is -1.97. The molecule has 13 heavy (non-hydrogen) atoms. The van der Waals surface area contributed by atoms with Gasteiger partial charge in [0.05, 0.1) is 11.1 Å². The van der Waals surface area contributed by atoms with Crippen LogP contribution in [0, 0.1) is 11.3 Å². The number of carboxylic acids is 1. The zero-order chi connectivity index (χ0) is 10.0. The lowest BCUT2D eigenvalue weighted by Gasteiger charge is -2.00. The standard InChI is InChI=1S/C8H3Br2NO2/c9-6-1-4(8(12)13)2-7(10)5(6)3-11/h1-2H,(H,12,13). The summed E-state index contributed by atoms with van der Waals surface area (Å²) in [5.74, 6) is -1.02. The summed E-state index contributed by atoms with van der Waals surface area (Å²) < 4.78 is 0.948. The molecule has 0 heterocycles. The summed E-state index contributed by atoms with van der Waals surface area (Å²) in [5, 5.41) is 17.3. The number of aromatic carboxylic acids is 1. The highest BCUT2D eigenvalue weighted by atomic mass is 79.9. The molecule has 0 amide bonds. The highest BCUT2D eigenvalue weighted by molar-refractivity contribution is 9.11. The molecule has 0 saturated heterocycles. The van der Waals surface area contributed by atoms with Gasteiger partial charge in [-0.25, -0.2) is 4.79 Å². The van der Waals surface area contributed by atoms with E-state index in [9.17, 15) is 4.79 Å². The van der Waals surface area contributed by atoms with Gasteiger partial charge < -0.3 is 5.11 Å². The Kier molecular flexibility index (Phi) is 3.07. The Hall–Kier alpha value is -0.860. The van der Waals surface area contributed by atoms with Crippen molar-refractivity contribution in [3.8, 4) is 6.07 Å². The van der Waals surface area contributed by atoms with Gasteiger partial charge in [0.25, 0.3) is 0 Å². The van der Waals surface area contributed by atoms with E-state index in [0.29, 0.717) is 14.5 Å². The van der Waals surface area contributed by atoms with E-state index in [2.05, 4.69) is 31.9 Å². The maximum absolute atomic E-state index is 10.6. The molecule has 1 N–H and O–H groups in total. The maximum atomic E-state index is 10.6. The van der Waals surface area contributed by atoms with Gasteiger partial charge in [-0.15, -0.1) is 0 Å². The molecule has 0 bridgehead atoms. The smallest absolute Gasteiger partial charge is 0.335 e. The lowest BCUT2D eigenvalue weighted by atomic mass is 10.1. The minimum Gasteiger partial charge on any atom is -0.478 e. The van der Waals surface area contributed by atoms with Gasteiger partial charge in [0.1, 0.15) is 6.07 Å². The summed E-state index contributed by atoms with van der Waals surface area (Å²) in [7, 11) is 0. The minimum atomic E-state index is -1.02. The van der Waals surface area contributed by atoms with Crippen LogP contribution in [-0.2, 0) is 0 Å². The van der Waals surface area contributed by atoms with Crippen molar-refractivity contribution in [3.63, 3.8) is 0 Å². The molecule has 0 atom stereocenters. The normalized spacial score (nSPS) is 9.31. The summed E-state index contributed by atoms with van der Waals surface area (Å²) in [6, 6.07) is 4.73. The number of hydrogen-bond donors (Lipinski definition) is 1. The first kappa shape index (κ1) is 10.2. The Balaban J connectivity index is 3.39. The second kappa shape index (κ2) is 3.90. The number of nitrogens with zero attached hydrogens (tertiary/aromatic N) is 1. The van der Waals surface area contributed by atoms with Crippen LogP contribution in [0.2, 0.25) is 0 Å². The van der Waals surface area contributed by atoms with Crippen LogP contribution in [0.1, 0.15) is 15.9 Å². The molecule has 66 valence electrons. The largest absolute Gasteiger partial charge is 0.478 e. The van der Waals surface area contributed by atoms with Gasteiger partial charge in [0.2, 0.25) is 0 Å². The molecule has 0 unspecified atom stereocenters. The molecule has 0 fully saturated rings. The van der Waals surface area contributed by atoms with E-state index in [1.54, 1.807) is 0 Å². The van der Waals surface area contributed by atoms with E-state index in [1.807, 2.05) is 6.07 Å². The fraction of sp³-hybridized carbons (Fsp3) is 0. The molecular weight excluding hydrogens is 302 g/mol. The second-order valence-electron chi connectivity index (χ2n) is 2.23. The molecule has 5 heteroatoms. The van der Waals surface area contributed by atoms with Crippen LogP contribution in [0.5, 0.6) is 0 Å². The van der Waals surface area contributed by atoms with E-state index in [-0.39, 0.29) is 5.56 Å². The van der Waals surface area contributed by atoms with Gasteiger partial charge in [0.15, 0.2) is 0 Å². The van der Waals surface area contributed by atoms with Gasteiger partial charge >= 0.3 is 5.97 Å². The van der Waals surface area contributed by atoms with E-state index in [1.165, 1.54) is 12.1 Å². The van der Waals surface area contributed by atoms with E-state index in [0.717, 1.165) is 0 Å².